The molecule has 0 spiro atoms. The second-order valence-electron chi connectivity index (χ2n) is 8.17. The number of hydrogen-bond acceptors (Lipinski definition) is 6. The van der Waals surface area contributed by atoms with E-state index in [-0.39, 0.29) is 12.1 Å². The maximum absolute atomic E-state index is 11.2. The topological polar surface area (TPSA) is 125 Å². The molecular weight excluding hydrogens is 402 g/mol. The van der Waals surface area contributed by atoms with E-state index in [0.717, 1.165) is 25.9 Å². The lowest BCUT2D eigenvalue weighted by molar-refractivity contribution is -0.151. The van der Waals surface area contributed by atoms with Crippen LogP contribution in [0.4, 0.5) is 4.79 Å². The summed E-state index contributed by atoms with van der Waals surface area (Å²) in [5.74, 6) is -0.388. The lowest BCUT2D eigenvalue weighted by Gasteiger charge is -2.21. The Bertz CT molecular complexity index is 656. The zero-order valence-electron chi connectivity index (χ0n) is 19.3. The predicted octanol–water partition coefficient (Wildman–Crippen LogP) is 4.41. The number of carbonyl (C=O) groups excluding carboxylic acids is 2. The molecule has 176 valence electrons. The summed E-state index contributed by atoms with van der Waals surface area (Å²) in [5, 5.41) is 8.38. The number of hydrogen-bond donors (Lipinski definition) is 2. The summed E-state index contributed by atoms with van der Waals surface area (Å²) in [5.41, 5.74) is 4.60. The van der Waals surface area contributed by atoms with E-state index in [1.807, 2.05) is 6.92 Å². The number of esters is 1. The highest BCUT2D eigenvalue weighted by Gasteiger charge is 2.17. The van der Waals surface area contributed by atoms with Crippen LogP contribution in [0.25, 0.3) is 0 Å². The molecule has 8 heteroatoms. The van der Waals surface area contributed by atoms with E-state index in [0.29, 0.717) is 24.5 Å². The highest BCUT2D eigenvalue weighted by molar-refractivity contribution is 5.87. The lowest BCUT2D eigenvalue weighted by atomic mass is 9.96. The predicted molar refractivity (Wildman–Crippen MR) is 118 cm³/mol. The van der Waals surface area contributed by atoms with Gasteiger partial charge in [0, 0.05) is 6.61 Å². The smallest absolute Gasteiger partial charge is 0.405 e. The van der Waals surface area contributed by atoms with Crippen molar-refractivity contribution >= 4 is 18.0 Å². The van der Waals surface area contributed by atoms with E-state index in [1.54, 1.807) is 51.1 Å². The molecule has 1 heterocycles. The number of benzene rings is 1. The summed E-state index contributed by atoms with van der Waals surface area (Å²) in [6, 6.07) is 8.30. The zero-order chi connectivity index (χ0) is 23.9. The molecule has 1 aromatic carbocycles. The molecule has 1 aliphatic rings. The van der Waals surface area contributed by atoms with Crippen molar-refractivity contribution in [3.8, 4) is 0 Å². The summed E-state index contributed by atoms with van der Waals surface area (Å²) in [6.45, 7) is 10.7. The van der Waals surface area contributed by atoms with E-state index in [9.17, 15) is 14.4 Å². The van der Waals surface area contributed by atoms with Gasteiger partial charge in [-0.15, -0.1) is 0 Å². The first-order valence-electron chi connectivity index (χ1n) is 10.5. The number of carbonyl (C=O) groups is 3. The van der Waals surface area contributed by atoms with Crippen molar-refractivity contribution in [1.82, 2.24) is 0 Å². The van der Waals surface area contributed by atoms with Gasteiger partial charge in [-0.2, -0.15) is 0 Å². The lowest BCUT2D eigenvalue weighted by Crippen LogP contribution is -2.27. The van der Waals surface area contributed by atoms with Gasteiger partial charge in [-0.1, -0.05) is 31.5 Å². The Morgan fingerprint density at radius 3 is 2.23 bits per heavy atom. The minimum Gasteiger partial charge on any atom is -0.478 e. The molecule has 0 saturated carbocycles. The highest BCUT2D eigenvalue weighted by Crippen LogP contribution is 2.18. The number of cyclic esters (lactones) is 1. The number of carboxylic acids is 1. The Morgan fingerprint density at radius 2 is 1.81 bits per heavy atom. The van der Waals surface area contributed by atoms with Crippen LogP contribution < -0.4 is 5.73 Å². The fourth-order valence-electron chi connectivity index (χ4n) is 2.68. The Labute approximate surface area is 185 Å². The molecule has 2 atom stereocenters. The van der Waals surface area contributed by atoms with Crippen molar-refractivity contribution in [3.63, 3.8) is 0 Å². The van der Waals surface area contributed by atoms with Crippen LogP contribution in [0.2, 0.25) is 0 Å². The van der Waals surface area contributed by atoms with Gasteiger partial charge in [-0.25, -0.2) is 9.59 Å². The number of ether oxygens (including phenoxy) is 3. The Morgan fingerprint density at radius 1 is 1.19 bits per heavy atom. The zero-order valence-corrected chi connectivity index (χ0v) is 19.3. The average molecular weight is 440 g/mol. The van der Waals surface area contributed by atoms with Crippen LogP contribution in [0.15, 0.2) is 30.3 Å². The van der Waals surface area contributed by atoms with Gasteiger partial charge < -0.3 is 25.1 Å². The number of rotatable bonds is 2. The van der Waals surface area contributed by atoms with Crippen molar-refractivity contribution in [2.45, 2.75) is 72.0 Å². The van der Waals surface area contributed by atoms with E-state index >= 15 is 0 Å². The van der Waals surface area contributed by atoms with E-state index in [4.69, 9.17) is 20.3 Å². The Hall–Kier alpha value is -2.61. The molecule has 31 heavy (non-hydrogen) atoms. The summed E-state index contributed by atoms with van der Waals surface area (Å²) in [6.07, 6.45) is 2.90. The highest BCUT2D eigenvalue weighted by atomic mass is 16.6. The second-order valence-corrected chi connectivity index (χ2v) is 8.17. The van der Waals surface area contributed by atoms with Crippen molar-refractivity contribution in [1.29, 1.82) is 0 Å². The summed E-state index contributed by atoms with van der Waals surface area (Å²) in [4.78, 5) is 31.4. The number of carboxylic acid groups (broad SMARTS) is 1. The van der Waals surface area contributed by atoms with Crippen LogP contribution in [0.1, 0.15) is 70.7 Å². The molecule has 1 amide bonds. The van der Waals surface area contributed by atoms with Crippen LogP contribution in [0.5, 0.6) is 0 Å². The van der Waals surface area contributed by atoms with Gasteiger partial charge in [0.25, 0.3) is 0 Å². The molecule has 0 aliphatic carbocycles. The molecule has 0 bridgehead atoms. The van der Waals surface area contributed by atoms with Crippen LogP contribution >= 0.6 is 0 Å². The Balaban J connectivity index is 0.000000461. The Kier molecular flexibility index (Phi) is 13.9. The van der Waals surface area contributed by atoms with Crippen LogP contribution in [0.3, 0.4) is 0 Å². The van der Waals surface area contributed by atoms with Gasteiger partial charge in [0.15, 0.2) is 0 Å². The molecule has 2 rings (SSSR count). The minimum absolute atomic E-state index is 0.0607. The van der Waals surface area contributed by atoms with Crippen molar-refractivity contribution in [2.75, 3.05) is 13.2 Å². The van der Waals surface area contributed by atoms with Crippen molar-refractivity contribution < 1.29 is 33.7 Å². The third-order valence-electron chi connectivity index (χ3n) is 4.12. The average Bonchev–Trinajstić information content (AvgIpc) is 2.66. The van der Waals surface area contributed by atoms with E-state index in [2.05, 4.69) is 11.7 Å². The molecule has 0 radical (unpaired) electrons. The third kappa shape index (κ3) is 16.8. The van der Waals surface area contributed by atoms with Crippen LogP contribution in [-0.2, 0) is 19.0 Å². The molecule has 1 aromatic rings. The van der Waals surface area contributed by atoms with Gasteiger partial charge in [0.2, 0.25) is 0 Å². The molecule has 1 aliphatic heterocycles. The molecule has 1 fully saturated rings. The number of nitrogens with two attached hydrogens (primary N) is 1. The maximum atomic E-state index is 11.2. The monoisotopic (exact) mass is 439 g/mol. The van der Waals surface area contributed by atoms with Gasteiger partial charge >= 0.3 is 18.0 Å². The molecule has 1 saturated heterocycles. The molecular formula is C23H37NO7. The number of aromatic carboxylic acids is 1. The number of amides is 1. The SMILES string of the molecule is CC(C)(C)OC(N)=O.CCC1CCOCCC(=O)OC(C)C1.O=C(O)c1ccccc1. The fraction of sp³-hybridized carbons (Fsp3) is 0.609. The van der Waals surface area contributed by atoms with Crippen molar-refractivity contribution in [2.24, 2.45) is 11.7 Å². The molecule has 0 aromatic heterocycles. The fourth-order valence-corrected chi connectivity index (χ4v) is 2.68. The molecule has 3 N–H and O–H groups in total. The summed E-state index contributed by atoms with van der Waals surface area (Å²) < 4.78 is 15.2. The quantitative estimate of drug-likeness (QED) is 0.654. The van der Waals surface area contributed by atoms with Gasteiger partial charge in [0.1, 0.15) is 5.60 Å². The third-order valence-corrected chi connectivity index (χ3v) is 4.12. The first-order valence-corrected chi connectivity index (χ1v) is 10.5. The summed E-state index contributed by atoms with van der Waals surface area (Å²) >= 11 is 0. The van der Waals surface area contributed by atoms with Crippen LogP contribution in [-0.4, -0.2) is 48.1 Å². The number of primary amides is 1. The molecule has 8 nitrogen and oxygen atoms in total. The minimum atomic E-state index is -0.879. The van der Waals surface area contributed by atoms with Crippen molar-refractivity contribution in [3.05, 3.63) is 35.9 Å². The van der Waals surface area contributed by atoms with Crippen LogP contribution in [0, 0.1) is 5.92 Å². The van der Waals surface area contributed by atoms with Gasteiger partial charge in [-0.3, -0.25) is 4.79 Å². The largest absolute Gasteiger partial charge is 0.478 e. The second kappa shape index (κ2) is 15.2. The van der Waals surface area contributed by atoms with E-state index < -0.39 is 17.7 Å². The van der Waals surface area contributed by atoms with Gasteiger partial charge in [-0.05, 0) is 58.6 Å². The normalized spacial score (nSPS) is 19.3. The maximum Gasteiger partial charge on any atom is 0.405 e. The van der Waals surface area contributed by atoms with Gasteiger partial charge in [0.05, 0.1) is 24.7 Å². The molecule has 2 unspecified atom stereocenters. The first-order chi connectivity index (χ1) is 14.4. The first kappa shape index (κ1) is 28.4. The summed E-state index contributed by atoms with van der Waals surface area (Å²) in [7, 11) is 0. The van der Waals surface area contributed by atoms with E-state index in [1.165, 1.54) is 0 Å². The standard InChI is InChI=1S/C11H20O3.C7H6O2.C5H11NO2/c1-3-10-4-6-13-7-5-11(12)14-9(2)8-10;8-7(9)6-4-2-1-3-5-6;1-5(2,3)8-4(6)7/h9-10H,3-8H2,1-2H3;1-5H,(H,8,9);1-3H3,(H2,6,7).